The number of benzene rings is 1. The van der Waals surface area contributed by atoms with Crippen molar-refractivity contribution in [1.29, 1.82) is 0 Å². The van der Waals surface area contributed by atoms with E-state index in [-0.39, 0.29) is 5.91 Å². The molecule has 2 aromatic heterocycles. The second kappa shape index (κ2) is 6.80. The van der Waals surface area contributed by atoms with Crippen LogP contribution in [0.5, 0.6) is 0 Å². The van der Waals surface area contributed by atoms with Crippen molar-refractivity contribution in [3.8, 4) is 0 Å². The van der Waals surface area contributed by atoms with Gasteiger partial charge in [0, 0.05) is 29.4 Å². The molecule has 1 aliphatic rings. The summed E-state index contributed by atoms with van der Waals surface area (Å²) in [4.78, 5) is 22.6. The zero-order valence-electron chi connectivity index (χ0n) is 14.2. The van der Waals surface area contributed by atoms with E-state index in [9.17, 15) is 4.79 Å². The average molecular weight is 352 g/mol. The summed E-state index contributed by atoms with van der Waals surface area (Å²) in [5.41, 5.74) is 2.96. The van der Waals surface area contributed by atoms with Crippen molar-refractivity contribution >= 4 is 22.4 Å². The normalized spacial score (nSPS) is 13.5. The number of nitrogens with zero attached hydrogens (tertiary/aromatic N) is 3. The molecule has 5 nitrogen and oxygen atoms in total. The predicted molar refractivity (Wildman–Crippen MR) is 99.2 cm³/mol. The maximum atomic E-state index is 12.4. The molecular formula is C19H20N4OS. The number of nitrogens with one attached hydrogen (secondary N) is 1. The van der Waals surface area contributed by atoms with Gasteiger partial charge in [0.25, 0.3) is 5.91 Å². The van der Waals surface area contributed by atoms with Crippen molar-refractivity contribution in [2.45, 2.75) is 39.2 Å². The van der Waals surface area contributed by atoms with Crippen molar-refractivity contribution < 1.29 is 4.79 Å². The summed E-state index contributed by atoms with van der Waals surface area (Å²) in [6.07, 6.45) is 8.29. The molecule has 1 aromatic carbocycles. The number of fused-ring (bicyclic) bond motifs is 1. The molecular weight excluding hydrogens is 332 g/mol. The summed E-state index contributed by atoms with van der Waals surface area (Å²) >= 11 is 1.61. The van der Waals surface area contributed by atoms with Crippen molar-refractivity contribution in [2.24, 2.45) is 0 Å². The third kappa shape index (κ3) is 3.49. The van der Waals surface area contributed by atoms with E-state index in [0.717, 1.165) is 41.6 Å². The Morgan fingerprint density at radius 3 is 2.76 bits per heavy atom. The van der Waals surface area contributed by atoms with Gasteiger partial charge >= 0.3 is 0 Å². The summed E-state index contributed by atoms with van der Waals surface area (Å²) in [6.45, 7) is 2.74. The van der Waals surface area contributed by atoms with E-state index in [1.807, 2.05) is 37.4 Å². The maximum absolute atomic E-state index is 12.4. The molecule has 1 amide bonds. The van der Waals surface area contributed by atoms with Gasteiger partial charge in [-0.2, -0.15) is 0 Å². The Kier molecular flexibility index (Phi) is 4.36. The molecule has 3 aromatic rings. The third-order valence-electron chi connectivity index (χ3n) is 4.56. The highest BCUT2D eigenvalue weighted by atomic mass is 32.1. The standard InChI is InChI=1S/C19H20N4OS/c1-13-20-10-11-23(13)12-14-6-8-15(9-7-14)18(24)22-19-21-16-4-2-3-5-17(16)25-19/h6-11H,2-5,12H2,1H3,(H,21,22,24). The van der Waals surface area contributed by atoms with Gasteiger partial charge in [-0.15, -0.1) is 11.3 Å². The van der Waals surface area contributed by atoms with Gasteiger partial charge in [0.1, 0.15) is 5.82 Å². The Balaban J connectivity index is 1.43. The van der Waals surface area contributed by atoms with Gasteiger partial charge in [0.05, 0.1) is 5.69 Å². The van der Waals surface area contributed by atoms with Gasteiger partial charge in [-0.3, -0.25) is 10.1 Å². The first-order chi connectivity index (χ1) is 12.2. The fourth-order valence-corrected chi connectivity index (χ4v) is 4.15. The topological polar surface area (TPSA) is 59.8 Å². The monoisotopic (exact) mass is 352 g/mol. The SMILES string of the molecule is Cc1nccn1Cc1ccc(C(=O)Nc2nc3c(s2)CCCC3)cc1. The Labute approximate surface area is 150 Å². The zero-order chi connectivity index (χ0) is 17.2. The van der Waals surface area contributed by atoms with Crippen molar-refractivity contribution in [2.75, 3.05) is 5.32 Å². The second-order valence-corrected chi connectivity index (χ2v) is 7.43. The molecule has 0 spiro atoms. The van der Waals surface area contributed by atoms with Gasteiger partial charge in [-0.1, -0.05) is 12.1 Å². The molecule has 2 heterocycles. The molecule has 6 heteroatoms. The van der Waals surface area contributed by atoms with E-state index >= 15 is 0 Å². The molecule has 0 fully saturated rings. The molecule has 128 valence electrons. The lowest BCUT2D eigenvalue weighted by molar-refractivity contribution is 0.102. The van der Waals surface area contributed by atoms with Crippen LogP contribution in [0.25, 0.3) is 0 Å². The third-order valence-corrected chi connectivity index (χ3v) is 5.63. The maximum Gasteiger partial charge on any atom is 0.257 e. The van der Waals surface area contributed by atoms with Gasteiger partial charge in [-0.05, 0) is 50.3 Å². The zero-order valence-corrected chi connectivity index (χ0v) is 15.0. The molecule has 25 heavy (non-hydrogen) atoms. The Hall–Kier alpha value is -2.47. The van der Waals surface area contributed by atoms with Crippen molar-refractivity contribution in [3.63, 3.8) is 0 Å². The number of hydrogen-bond acceptors (Lipinski definition) is 4. The van der Waals surface area contributed by atoms with Crippen LogP contribution < -0.4 is 5.32 Å². The van der Waals surface area contributed by atoms with Crippen LogP contribution in [0.3, 0.4) is 0 Å². The van der Waals surface area contributed by atoms with E-state index < -0.39 is 0 Å². The number of carbonyl (C=O) groups excluding carboxylic acids is 1. The first-order valence-electron chi connectivity index (χ1n) is 8.55. The minimum absolute atomic E-state index is 0.101. The number of imidazole rings is 1. The largest absolute Gasteiger partial charge is 0.331 e. The summed E-state index contributed by atoms with van der Waals surface area (Å²) < 4.78 is 2.08. The molecule has 4 rings (SSSR count). The lowest BCUT2D eigenvalue weighted by Crippen LogP contribution is -2.12. The second-order valence-electron chi connectivity index (χ2n) is 6.35. The van der Waals surface area contributed by atoms with Crippen LogP contribution in [0.2, 0.25) is 0 Å². The van der Waals surface area contributed by atoms with E-state index in [4.69, 9.17) is 0 Å². The highest BCUT2D eigenvalue weighted by Gasteiger charge is 2.16. The molecule has 0 aliphatic heterocycles. The van der Waals surface area contributed by atoms with Gasteiger partial charge < -0.3 is 4.57 Å². The minimum atomic E-state index is -0.101. The van der Waals surface area contributed by atoms with Crippen LogP contribution >= 0.6 is 11.3 Å². The summed E-state index contributed by atoms with van der Waals surface area (Å²) in [7, 11) is 0. The predicted octanol–water partition coefficient (Wildman–Crippen LogP) is 3.83. The van der Waals surface area contributed by atoms with Crippen LogP contribution in [0.15, 0.2) is 36.7 Å². The van der Waals surface area contributed by atoms with E-state index in [0.29, 0.717) is 5.56 Å². The van der Waals surface area contributed by atoms with Crippen molar-refractivity contribution in [1.82, 2.24) is 14.5 Å². The lowest BCUT2D eigenvalue weighted by Gasteiger charge is -2.07. The van der Waals surface area contributed by atoms with Crippen molar-refractivity contribution in [3.05, 3.63) is 64.2 Å². The molecule has 0 saturated carbocycles. The number of carbonyl (C=O) groups is 1. The molecule has 0 unspecified atom stereocenters. The molecule has 1 aliphatic carbocycles. The highest BCUT2D eigenvalue weighted by molar-refractivity contribution is 7.15. The molecule has 0 radical (unpaired) electrons. The summed E-state index contributed by atoms with van der Waals surface area (Å²) in [5, 5.41) is 3.66. The smallest absolute Gasteiger partial charge is 0.257 e. The number of thiazole rings is 1. The van der Waals surface area contributed by atoms with E-state index in [1.54, 1.807) is 17.5 Å². The number of aromatic nitrogens is 3. The van der Waals surface area contributed by atoms with E-state index in [1.165, 1.54) is 17.7 Å². The van der Waals surface area contributed by atoms with Crippen LogP contribution in [0.4, 0.5) is 5.13 Å². The Morgan fingerprint density at radius 1 is 1.24 bits per heavy atom. The minimum Gasteiger partial charge on any atom is -0.331 e. The molecule has 0 saturated heterocycles. The van der Waals surface area contributed by atoms with Crippen LogP contribution in [-0.4, -0.2) is 20.4 Å². The Bertz CT molecular complexity index is 871. The van der Waals surface area contributed by atoms with E-state index in [2.05, 4.69) is 19.9 Å². The fourth-order valence-electron chi connectivity index (χ4n) is 3.10. The number of aryl methyl sites for hydroxylation is 3. The van der Waals surface area contributed by atoms with Crippen LogP contribution in [0.1, 0.15) is 45.2 Å². The van der Waals surface area contributed by atoms with Gasteiger partial charge in [-0.25, -0.2) is 9.97 Å². The highest BCUT2D eigenvalue weighted by Crippen LogP contribution is 2.29. The summed E-state index contributed by atoms with van der Waals surface area (Å²) in [5.74, 6) is 0.881. The molecule has 1 N–H and O–H groups in total. The lowest BCUT2D eigenvalue weighted by atomic mass is 10.0. The fraction of sp³-hybridized carbons (Fsp3) is 0.316. The number of anilines is 1. The molecule has 0 atom stereocenters. The first kappa shape index (κ1) is 16.0. The number of rotatable bonds is 4. The van der Waals surface area contributed by atoms with Crippen LogP contribution in [0, 0.1) is 6.92 Å². The van der Waals surface area contributed by atoms with Crippen LogP contribution in [-0.2, 0) is 19.4 Å². The Morgan fingerprint density at radius 2 is 2.04 bits per heavy atom. The number of amides is 1. The molecule has 0 bridgehead atoms. The summed E-state index contributed by atoms with van der Waals surface area (Å²) in [6, 6.07) is 7.71. The number of hydrogen-bond donors (Lipinski definition) is 1. The quantitative estimate of drug-likeness (QED) is 0.776. The van der Waals surface area contributed by atoms with Gasteiger partial charge in [0.2, 0.25) is 0 Å². The van der Waals surface area contributed by atoms with Gasteiger partial charge in [0.15, 0.2) is 5.13 Å². The average Bonchev–Trinajstić information content (AvgIpc) is 3.21. The first-order valence-corrected chi connectivity index (χ1v) is 9.37.